The second-order valence-electron chi connectivity index (χ2n) is 5.28. The molecule has 0 spiro atoms. The molecule has 0 atom stereocenters. The molecule has 0 fully saturated rings. The molecule has 2 nitrogen and oxygen atoms in total. The normalized spacial score (nSPS) is 16.2. The largest absolute Gasteiger partial charge is 0.309 e. The fourth-order valence-electron chi connectivity index (χ4n) is 2.07. The summed E-state index contributed by atoms with van der Waals surface area (Å²) in [6.07, 6.45) is 1.68. The second-order valence-corrected chi connectivity index (χ2v) is 6.23. The van der Waals surface area contributed by atoms with E-state index in [1.54, 1.807) is 17.8 Å². The minimum Gasteiger partial charge on any atom is -0.309 e. The van der Waals surface area contributed by atoms with Gasteiger partial charge in [0.15, 0.2) is 0 Å². The van der Waals surface area contributed by atoms with Crippen LogP contribution in [-0.4, -0.2) is 16.8 Å². The highest BCUT2D eigenvalue weighted by Crippen LogP contribution is 2.36. The topological polar surface area (TPSA) is 20.3 Å². The van der Waals surface area contributed by atoms with Crippen LogP contribution in [0, 0.1) is 11.8 Å². The highest BCUT2D eigenvalue weighted by Gasteiger charge is 2.27. The molecular weight excluding hydrogens is 254 g/mol. The van der Waals surface area contributed by atoms with Crippen LogP contribution in [-0.2, 0) is 4.79 Å². The molecule has 0 aromatic heterocycles. The number of allylic oxidation sites excluding steroid dienone is 2. The summed E-state index contributed by atoms with van der Waals surface area (Å²) in [6.45, 7) is 16.8. The molecule has 0 aromatic carbocycles. The predicted octanol–water partition coefficient (Wildman–Crippen LogP) is 5.03. The number of amides is 1. The highest BCUT2D eigenvalue weighted by atomic mass is 32.2. The van der Waals surface area contributed by atoms with E-state index in [2.05, 4.69) is 41.5 Å². The zero-order valence-corrected chi connectivity index (χ0v) is 14.5. The van der Waals surface area contributed by atoms with Crippen molar-refractivity contribution >= 4 is 17.7 Å². The van der Waals surface area contributed by atoms with Crippen LogP contribution in [0.2, 0.25) is 0 Å². The van der Waals surface area contributed by atoms with Crippen molar-refractivity contribution in [2.24, 2.45) is 11.8 Å². The van der Waals surface area contributed by atoms with Crippen LogP contribution >= 0.6 is 11.8 Å². The first kappa shape index (κ1) is 18.3. The van der Waals surface area contributed by atoms with Crippen LogP contribution in [0.5, 0.6) is 0 Å². The lowest BCUT2D eigenvalue weighted by Gasteiger charge is -2.32. The summed E-state index contributed by atoms with van der Waals surface area (Å²) in [5.74, 6) is 0.923. The molecule has 1 amide bonds. The van der Waals surface area contributed by atoms with Crippen molar-refractivity contribution < 1.29 is 4.79 Å². The average molecular weight is 283 g/mol. The first-order chi connectivity index (χ1) is 8.86. The maximum atomic E-state index is 12.1. The molecule has 19 heavy (non-hydrogen) atoms. The smallest absolute Gasteiger partial charge is 0.251 e. The molecule has 0 aliphatic carbocycles. The van der Waals surface area contributed by atoms with Crippen LogP contribution in [0.1, 0.15) is 55.4 Å². The summed E-state index contributed by atoms with van der Waals surface area (Å²) in [4.78, 5) is 15.4. The molecule has 1 heterocycles. The minimum absolute atomic E-state index is 0.104. The average Bonchev–Trinajstić information content (AvgIpc) is 2.50. The number of hydrogen-bond donors (Lipinski definition) is 0. The number of rotatable bonds is 3. The van der Waals surface area contributed by atoms with Gasteiger partial charge in [0.2, 0.25) is 0 Å². The monoisotopic (exact) mass is 283 g/mol. The molecule has 110 valence electrons. The van der Waals surface area contributed by atoms with Gasteiger partial charge in [0.25, 0.3) is 5.91 Å². The minimum atomic E-state index is 0.104. The van der Waals surface area contributed by atoms with Gasteiger partial charge in [-0.2, -0.15) is 0 Å². The highest BCUT2D eigenvalue weighted by molar-refractivity contribution is 8.05. The van der Waals surface area contributed by atoms with Crippen LogP contribution in [0.3, 0.4) is 0 Å². The van der Waals surface area contributed by atoms with E-state index in [1.807, 2.05) is 24.2 Å². The summed E-state index contributed by atoms with van der Waals surface area (Å²) < 4.78 is 0. The Morgan fingerprint density at radius 1 is 1.00 bits per heavy atom. The molecule has 0 unspecified atom stereocenters. The van der Waals surface area contributed by atoms with Crippen LogP contribution in [0.25, 0.3) is 0 Å². The fraction of sp³-hybridized carbons (Fsp3) is 0.688. The number of thioether (sulfide) groups is 1. The molecule has 1 rings (SSSR count). The molecule has 1 aliphatic rings. The molecule has 0 saturated heterocycles. The SMILES string of the molecule is CC.CC(C)C1=C(C(C)C)N(C(C)C)C(=O)C=CS1. The zero-order chi connectivity index (χ0) is 15.2. The summed E-state index contributed by atoms with van der Waals surface area (Å²) >= 11 is 1.69. The van der Waals surface area contributed by atoms with Crippen LogP contribution < -0.4 is 0 Å². The third-order valence-corrected chi connectivity index (χ3v) is 3.95. The van der Waals surface area contributed by atoms with Crippen LogP contribution in [0.15, 0.2) is 22.1 Å². The Labute approximate surface area is 123 Å². The summed E-state index contributed by atoms with van der Waals surface area (Å²) in [6, 6.07) is 0.206. The third kappa shape index (κ3) is 4.72. The Morgan fingerprint density at radius 3 is 1.89 bits per heavy atom. The lowest BCUT2D eigenvalue weighted by molar-refractivity contribution is -0.125. The van der Waals surface area contributed by atoms with Crippen molar-refractivity contribution in [1.29, 1.82) is 0 Å². The molecule has 0 saturated carbocycles. The third-order valence-electron chi connectivity index (χ3n) is 2.74. The Balaban J connectivity index is 0.00000154. The van der Waals surface area contributed by atoms with Gasteiger partial charge in [0, 0.05) is 22.7 Å². The lowest BCUT2D eigenvalue weighted by atomic mass is 10.0. The maximum Gasteiger partial charge on any atom is 0.251 e. The predicted molar refractivity (Wildman–Crippen MR) is 86.8 cm³/mol. The van der Waals surface area contributed by atoms with Gasteiger partial charge in [-0.05, 0) is 31.1 Å². The van der Waals surface area contributed by atoms with Crippen molar-refractivity contribution in [3.63, 3.8) is 0 Å². The Morgan fingerprint density at radius 2 is 1.53 bits per heavy atom. The van der Waals surface area contributed by atoms with E-state index >= 15 is 0 Å². The molecule has 0 radical (unpaired) electrons. The molecule has 0 aromatic rings. The van der Waals surface area contributed by atoms with Crippen molar-refractivity contribution in [3.8, 4) is 0 Å². The van der Waals surface area contributed by atoms with Gasteiger partial charge < -0.3 is 4.90 Å². The van der Waals surface area contributed by atoms with E-state index in [0.717, 1.165) is 0 Å². The maximum absolute atomic E-state index is 12.1. The molecule has 0 bridgehead atoms. The van der Waals surface area contributed by atoms with Gasteiger partial charge in [0.05, 0.1) is 0 Å². The van der Waals surface area contributed by atoms with Gasteiger partial charge in [0.1, 0.15) is 0 Å². The number of hydrogen-bond acceptors (Lipinski definition) is 2. The lowest BCUT2D eigenvalue weighted by Crippen LogP contribution is -2.37. The van der Waals surface area contributed by atoms with Gasteiger partial charge in [-0.25, -0.2) is 0 Å². The van der Waals surface area contributed by atoms with Gasteiger partial charge in [-0.15, -0.1) is 11.8 Å². The van der Waals surface area contributed by atoms with Crippen molar-refractivity contribution in [2.75, 3.05) is 0 Å². The first-order valence-corrected chi connectivity index (χ1v) is 8.14. The van der Waals surface area contributed by atoms with Crippen LogP contribution in [0.4, 0.5) is 0 Å². The Bertz CT molecular complexity index is 354. The van der Waals surface area contributed by atoms with E-state index in [0.29, 0.717) is 11.8 Å². The van der Waals surface area contributed by atoms with E-state index in [-0.39, 0.29) is 11.9 Å². The summed E-state index contributed by atoms with van der Waals surface area (Å²) in [5.41, 5.74) is 1.19. The number of nitrogens with zero attached hydrogens (tertiary/aromatic N) is 1. The quantitative estimate of drug-likeness (QED) is 0.723. The van der Waals surface area contributed by atoms with E-state index < -0.39 is 0 Å². The van der Waals surface area contributed by atoms with E-state index in [1.165, 1.54) is 10.6 Å². The van der Waals surface area contributed by atoms with E-state index in [4.69, 9.17) is 0 Å². The summed E-state index contributed by atoms with van der Waals surface area (Å²) in [7, 11) is 0. The Hall–Kier alpha value is -0.700. The molecule has 0 N–H and O–H groups in total. The van der Waals surface area contributed by atoms with Crippen molar-refractivity contribution in [3.05, 3.63) is 22.1 Å². The Kier molecular flexibility index (Phi) is 8.15. The first-order valence-electron chi connectivity index (χ1n) is 7.26. The van der Waals surface area contributed by atoms with Gasteiger partial charge in [-0.3, -0.25) is 4.79 Å². The van der Waals surface area contributed by atoms with Gasteiger partial charge >= 0.3 is 0 Å². The molecule has 1 aliphatic heterocycles. The van der Waals surface area contributed by atoms with Crippen molar-refractivity contribution in [2.45, 2.75) is 61.4 Å². The number of carbonyl (C=O) groups is 1. The van der Waals surface area contributed by atoms with Gasteiger partial charge in [-0.1, -0.05) is 41.5 Å². The molecular formula is C16H29NOS. The fourth-order valence-corrected chi connectivity index (χ4v) is 3.13. The summed E-state index contributed by atoms with van der Waals surface area (Å²) in [5, 5.41) is 1.92. The second kappa shape index (κ2) is 8.47. The van der Waals surface area contributed by atoms with E-state index in [9.17, 15) is 4.79 Å². The van der Waals surface area contributed by atoms with Crippen molar-refractivity contribution in [1.82, 2.24) is 4.90 Å². The standard InChI is InChI=1S/C14H23NOS.C2H6/c1-9(2)13-14(10(3)4)17-8-7-12(16)15(13)11(5)6;1-2/h7-11H,1-6H3;1-2H3. The zero-order valence-electron chi connectivity index (χ0n) is 13.7. The number of carbonyl (C=O) groups excluding carboxylic acids is 1. The molecule has 3 heteroatoms.